The second-order valence-electron chi connectivity index (χ2n) is 3.85. The summed E-state index contributed by atoms with van der Waals surface area (Å²) in [7, 11) is -2.86. The predicted octanol–water partition coefficient (Wildman–Crippen LogP) is 0.247. The summed E-state index contributed by atoms with van der Waals surface area (Å²) in [4.78, 5) is 11.4. The molecular formula is C9H12F3N3O5S. The topological polar surface area (TPSA) is 114 Å². The van der Waals surface area contributed by atoms with Crippen molar-refractivity contribution in [1.29, 1.82) is 0 Å². The van der Waals surface area contributed by atoms with E-state index in [0.717, 1.165) is 13.4 Å². The molecule has 0 bridgehead atoms. The second kappa shape index (κ2) is 5.89. The smallest absolute Gasteiger partial charge is 0.436 e. The number of methoxy groups -OCH3 is 1. The number of anilines is 1. The summed E-state index contributed by atoms with van der Waals surface area (Å²) in [6.07, 6.45) is -4.14. The molecule has 1 heterocycles. The van der Waals surface area contributed by atoms with Gasteiger partial charge in [0.2, 0.25) is 0 Å². The van der Waals surface area contributed by atoms with Gasteiger partial charge in [-0.25, -0.2) is 9.48 Å². The molecule has 1 aromatic rings. The number of hydrogen-bond acceptors (Lipinski definition) is 7. The van der Waals surface area contributed by atoms with E-state index in [4.69, 9.17) is 5.73 Å². The second-order valence-corrected chi connectivity index (χ2v) is 5.49. The minimum Gasteiger partial charge on any atom is -0.465 e. The number of esters is 1. The molecule has 0 aliphatic carbocycles. The lowest BCUT2D eigenvalue weighted by Gasteiger charge is -2.04. The van der Waals surface area contributed by atoms with Gasteiger partial charge in [0.1, 0.15) is 11.4 Å². The number of rotatable bonds is 5. The van der Waals surface area contributed by atoms with Crippen LogP contribution >= 0.6 is 0 Å². The van der Waals surface area contributed by atoms with Crippen molar-refractivity contribution in [3.63, 3.8) is 0 Å². The Morgan fingerprint density at radius 1 is 1.43 bits per heavy atom. The number of carbonyl (C=O) groups is 1. The third kappa shape index (κ3) is 4.32. The molecule has 1 aromatic heterocycles. The SMILES string of the molecule is COC(=O)c1c(C(F)(F)F)nn(CCOS(C)(=O)=O)c1N. The van der Waals surface area contributed by atoms with Gasteiger partial charge in [-0.3, -0.25) is 4.18 Å². The van der Waals surface area contributed by atoms with Crippen LogP contribution in [-0.4, -0.2) is 44.1 Å². The van der Waals surface area contributed by atoms with Crippen molar-refractivity contribution in [2.45, 2.75) is 12.7 Å². The quantitative estimate of drug-likeness (QED) is 0.607. The third-order valence-electron chi connectivity index (χ3n) is 2.25. The largest absolute Gasteiger partial charge is 0.465 e. The highest BCUT2D eigenvalue weighted by Gasteiger charge is 2.41. The van der Waals surface area contributed by atoms with Crippen LogP contribution in [0.4, 0.5) is 19.0 Å². The molecule has 1 rings (SSSR count). The highest BCUT2D eigenvalue weighted by atomic mass is 32.2. The number of nitrogens with zero attached hydrogens (tertiary/aromatic N) is 2. The van der Waals surface area contributed by atoms with Gasteiger partial charge >= 0.3 is 12.1 Å². The van der Waals surface area contributed by atoms with E-state index in [1.165, 1.54) is 0 Å². The van der Waals surface area contributed by atoms with Crippen LogP contribution in [0.25, 0.3) is 0 Å². The van der Waals surface area contributed by atoms with E-state index in [9.17, 15) is 26.4 Å². The fourth-order valence-corrected chi connectivity index (χ4v) is 1.80. The lowest BCUT2D eigenvalue weighted by atomic mass is 10.2. The van der Waals surface area contributed by atoms with Crippen molar-refractivity contribution >= 4 is 21.9 Å². The number of aromatic nitrogens is 2. The first-order valence-electron chi connectivity index (χ1n) is 5.33. The molecule has 8 nitrogen and oxygen atoms in total. The first-order valence-corrected chi connectivity index (χ1v) is 7.15. The molecule has 0 fully saturated rings. The van der Waals surface area contributed by atoms with Crippen LogP contribution in [0.2, 0.25) is 0 Å². The number of carbonyl (C=O) groups excluding carboxylic acids is 1. The number of halogens is 3. The summed E-state index contributed by atoms with van der Waals surface area (Å²) in [5.41, 5.74) is 2.99. The van der Waals surface area contributed by atoms with Crippen molar-refractivity contribution in [1.82, 2.24) is 9.78 Å². The molecular weight excluding hydrogens is 319 g/mol. The molecule has 2 N–H and O–H groups in total. The average Bonchev–Trinajstić information content (AvgIpc) is 2.64. The Hall–Kier alpha value is -1.82. The normalized spacial score (nSPS) is 12.4. The van der Waals surface area contributed by atoms with E-state index >= 15 is 0 Å². The van der Waals surface area contributed by atoms with Crippen molar-refractivity contribution < 1.29 is 35.3 Å². The maximum absolute atomic E-state index is 12.8. The number of alkyl halides is 3. The molecule has 0 unspecified atom stereocenters. The van der Waals surface area contributed by atoms with Gasteiger partial charge in [0.05, 0.1) is 26.5 Å². The summed E-state index contributed by atoms with van der Waals surface area (Å²) in [5.74, 6) is -1.89. The zero-order valence-corrected chi connectivity index (χ0v) is 11.8. The minimum atomic E-state index is -4.92. The Kier molecular flexibility index (Phi) is 4.83. The number of ether oxygens (including phenoxy) is 1. The Bertz CT molecular complexity index is 638. The zero-order chi connectivity index (χ0) is 16.4. The van der Waals surface area contributed by atoms with Gasteiger partial charge < -0.3 is 10.5 Å². The molecule has 120 valence electrons. The van der Waals surface area contributed by atoms with Gasteiger partial charge in [-0.2, -0.15) is 26.7 Å². The van der Waals surface area contributed by atoms with Crippen LogP contribution in [0.15, 0.2) is 0 Å². The molecule has 0 saturated carbocycles. The number of hydrogen-bond donors (Lipinski definition) is 1. The highest BCUT2D eigenvalue weighted by Crippen LogP contribution is 2.33. The molecule has 0 aliphatic heterocycles. The van der Waals surface area contributed by atoms with Gasteiger partial charge in [-0.1, -0.05) is 0 Å². The predicted molar refractivity (Wildman–Crippen MR) is 63.8 cm³/mol. The fraction of sp³-hybridized carbons (Fsp3) is 0.556. The van der Waals surface area contributed by atoms with E-state index in [-0.39, 0.29) is 6.54 Å². The summed E-state index contributed by atoms with van der Waals surface area (Å²) < 4.78 is 69.1. The van der Waals surface area contributed by atoms with Gasteiger partial charge in [-0.05, 0) is 0 Å². The van der Waals surface area contributed by atoms with Crippen molar-refractivity contribution in [3.05, 3.63) is 11.3 Å². The summed E-state index contributed by atoms with van der Waals surface area (Å²) in [5, 5.41) is 3.16. The first-order chi connectivity index (χ1) is 9.47. The Labute approximate surface area is 117 Å². The van der Waals surface area contributed by atoms with Gasteiger partial charge in [0, 0.05) is 0 Å². The van der Waals surface area contributed by atoms with Crippen molar-refractivity contribution in [3.8, 4) is 0 Å². The van der Waals surface area contributed by atoms with Crippen LogP contribution in [0.1, 0.15) is 16.1 Å². The zero-order valence-electron chi connectivity index (χ0n) is 11.0. The fourth-order valence-electron chi connectivity index (χ4n) is 1.42. The molecule has 0 aromatic carbocycles. The lowest BCUT2D eigenvalue weighted by molar-refractivity contribution is -0.142. The average molecular weight is 331 g/mol. The van der Waals surface area contributed by atoms with Gasteiger partial charge in [-0.15, -0.1) is 0 Å². The lowest BCUT2D eigenvalue weighted by Crippen LogP contribution is -2.14. The first kappa shape index (κ1) is 17.2. The van der Waals surface area contributed by atoms with E-state index in [1.54, 1.807) is 0 Å². The Morgan fingerprint density at radius 3 is 2.43 bits per heavy atom. The van der Waals surface area contributed by atoms with Crippen molar-refractivity contribution in [2.24, 2.45) is 0 Å². The van der Waals surface area contributed by atoms with Gasteiger partial charge in [0.25, 0.3) is 10.1 Å². The van der Waals surface area contributed by atoms with Crippen LogP contribution in [0.3, 0.4) is 0 Å². The monoisotopic (exact) mass is 331 g/mol. The van der Waals surface area contributed by atoms with Crippen LogP contribution in [-0.2, 0) is 31.8 Å². The molecule has 0 aliphatic rings. The third-order valence-corrected chi connectivity index (χ3v) is 2.85. The Balaban J connectivity index is 3.13. The molecule has 0 radical (unpaired) electrons. The number of nitrogens with two attached hydrogens (primary N) is 1. The van der Waals surface area contributed by atoms with Crippen LogP contribution < -0.4 is 5.73 Å². The molecule has 0 spiro atoms. The maximum atomic E-state index is 12.8. The molecule has 21 heavy (non-hydrogen) atoms. The van der Waals surface area contributed by atoms with Gasteiger partial charge in [0.15, 0.2) is 5.69 Å². The number of nitrogen functional groups attached to an aromatic ring is 1. The van der Waals surface area contributed by atoms with E-state index in [0.29, 0.717) is 4.68 Å². The molecule has 12 heteroatoms. The molecule has 0 saturated heterocycles. The minimum absolute atomic E-state index is 0.390. The summed E-state index contributed by atoms with van der Waals surface area (Å²) in [6.45, 7) is -0.873. The Morgan fingerprint density at radius 2 is 2.00 bits per heavy atom. The van der Waals surface area contributed by atoms with Crippen LogP contribution in [0, 0.1) is 0 Å². The van der Waals surface area contributed by atoms with Crippen molar-refractivity contribution in [2.75, 3.05) is 25.7 Å². The standard InChI is InChI=1S/C9H12F3N3O5S/c1-19-8(16)5-6(9(10,11)12)14-15(7(5)13)3-4-20-21(2,17)18/h3-4,13H2,1-2H3. The maximum Gasteiger partial charge on any atom is 0.436 e. The summed E-state index contributed by atoms with van der Waals surface area (Å²) >= 11 is 0. The van der Waals surface area contributed by atoms with Crippen LogP contribution in [0.5, 0.6) is 0 Å². The van der Waals surface area contributed by atoms with E-state index in [1.807, 2.05) is 0 Å². The van der Waals surface area contributed by atoms with E-state index < -0.39 is 45.9 Å². The molecule has 0 atom stereocenters. The summed E-state index contributed by atoms with van der Waals surface area (Å²) in [6, 6.07) is 0. The molecule has 0 amide bonds. The van der Waals surface area contributed by atoms with E-state index in [2.05, 4.69) is 14.0 Å². The highest BCUT2D eigenvalue weighted by molar-refractivity contribution is 7.85.